The topological polar surface area (TPSA) is 38.8 Å². The maximum absolute atomic E-state index is 11.3. The fraction of sp³-hybridized carbons (Fsp3) is 0.562. The van der Waals surface area contributed by atoms with Crippen LogP contribution in [0.5, 0.6) is 5.75 Å². The van der Waals surface area contributed by atoms with Crippen molar-refractivity contribution in [2.75, 3.05) is 37.2 Å². The summed E-state index contributed by atoms with van der Waals surface area (Å²) < 4.78 is 10.3. The number of fused-ring (bicyclic) bond motifs is 1. The Morgan fingerprint density at radius 2 is 2.14 bits per heavy atom. The Labute approximate surface area is 130 Å². The van der Waals surface area contributed by atoms with Gasteiger partial charge in [-0.15, -0.1) is 0 Å². The van der Waals surface area contributed by atoms with Crippen LogP contribution in [0, 0.1) is 0 Å². The maximum Gasteiger partial charge on any atom is 0.343 e. The van der Waals surface area contributed by atoms with Crippen LogP contribution < -0.4 is 9.64 Å². The first-order valence-corrected chi connectivity index (χ1v) is 8.57. The maximum atomic E-state index is 11.3. The summed E-state index contributed by atoms with van der Waals surface area (Å²) in [6.07, 6.45) is 2.13. The molecular weight excluding hydrogens is 286 g/mol. The minimum Gasteiger partial charge on any atom is -0.482 e. The van der Waals surface area contributed by atoms with Crippen molar-refractivity contribution in [3.63, 3.8) is 0 Å². The van der Waals surface area contributed by atoms with E-state index in [0.717, 1.165) is 18.0 Å². The molecule has 1 aromatic carbocycles. The number of anilines is 1. The van der Waals surface area contributed by atoms with Crippen molar-refractivity contribution < 1.29 is 14.3 Å². The molecule has 2 unspecified atom stereocenters. The summed E-state index contributed by atoms with van der Waals surface area (Å²) in [7, 11) is 1.37. The molecule has 0 spiro atoms. The van der Waals surface area contributed by atoms with Gasteiger partial charge in [-0.2, -0.15) is 11.8 Å². The molecule has 0 fully saturated rings. The van der Waals surface area contributed by atoms with Gasteiger partial charge >= 0.3 is 5.97 Å². The molecule has 4 nitrogen and oxygen atoms in total. The number of esters is 1. The van der Waals surface area contributed by atoms with E-state index in [-0.39, 0.29) is 12.6 Å². The highest BCUT2D eigenvalue weighted by atomic mass is 32.2. The third kappa shape index (κ3) is 3.28. The first kappa shape index (κ1) is 16.0. The second-order valence-corrected chi connectivity index (χ2v) is 6.25. The van der Waals surface area contributed by atoms with Crippen LogP contribution in [-0.2, 0) is 9.53 Å². The fourth-order valence-electron chi connectivity index (χ4n) is 2.81. The summed E-state index contributed by atoms with van der Waals surface area (Å²) in [6, 6.07) is 6.50. The van der Waals surface area contributed by atoms with Crippen molar-refractivity contribution in [2.24, 2.45) is 0 Å². The van der Waals surface area contributed by atoms with Crippen LogP contribution >= 0.6 is 11.8 Å². The van der Waals surface area contributed by atoms with E-state index in [0.29, 0.717) is 12.0 Å². The lowest BCUT2D eigenvalue weighted by Crippen LogP contribution is -2.32. The smallest absolute Gasteiger partial charge is 0.343 e. The number of rotatable bonds is 6. The number of carbonyl (C=O) groups excluding carboxylic acids is 1. The molecule has 0 saturated carbocycles. The highest BCUT2D eigenvalue weighted by molar-refractivity contribution is 7.98. The van der Waals surface area contributed by atoms with Crippen LogP contribution in [0.3, 0.4) is 0 Å². The summed E-state index contributed by atoms with van der Waals surface area (Å²) in [5.41, 5.74) is 2.43. The molecule has 0 radical (unpaired) electrons. The van der Waals surface area contributed by atoms with E-state index in [1.807, 2.05) is 23.9 Å². The largest absolute Gasteiger partial charge is 0.482 e. The second kappa shape index (κ2) is 7.07. The quantitative estimate of drug-likeness (QED) is 0.756. The Balaban J connectivity index is 2.24. The molecule has 1 aromatic rings. The highest BCUT2D eigenvalue weighted by Gasteiger charge is 2.34. The van der Waals surface area contributed by atoms with Crippen LogP contribution in [0.25, 0.3) is 0 Å². The molecule has 5 heteroatoms. The molecule has 0 N–H and O–H groups in total. The van der Waals surface area contributed by atoms with Gasteiger partial charge in [0, 0.05) is 35.5 Å². The van der Waals surface area contributed by atoms with Crippen molar-refractivity contribution in [3.8, 4) is 5.75 Å². The van der Waals surface area contributed by atoms with Crippen LogP contribution in [0.4, 0.5) is 5.69 Å². The van der Waals surface area contributed by atoms with Crippen molar-refractivity contribution in [2.45, 2.75) is 25.8 Å². The van der Waals surface area contributed by atoms with Gasteiger partial charge < -0.3 is 14.4 Å². The Bertz CT molecular complexity index is 506. The third-order valence-electron chi connectivity index (χ3n) is 4.13. The SMILES string of the molecule is COC(=O)COc1cccc2c1C(C)C(C)N2CCSC. The number of hydrogen-bond acceptors (Lipinski definition) is 5. The number of benzene rings is 1. The van der Waals surface area contributed by atoms with E-state index in [1.165, 1.54) is 18.4 Å². The Morgan fingerprint density at radius 3 is 2.81 bits per heavy atom. The number of methoxy groups -OCH3 is 1. The van der Waals surface area contributed by atoms with E-state index < -0.39 is 0 Å². The first-order valence-electron chi connectivity index (χ1n) is 7.18. The van der Waals surface area contributed by atoms with Crippen LogP contribution in [0.1, 0.15) is 25.3 Å². The number of thioether (sulfide) groups is 1. The lowest BCUT2D eigenvalue weighted by Gasteiger charge is -2.26. The number of carbonyl (C=O) groups is 1. The van der Waals surface area contributed by atoms with E-state index >= 15 is 0 Å². The van der Waals surface area contributed by atoms with Crippen molar-refractivity contribution >= 4 is 23.4 Å². The molecule has 0 amide bonds. The monoisotopic (exact) mass is 309 g/mol. The lowest BCUT2D eigenvalue weighted by atomic mass is 9.97. The number of nitrogens with zero attached hydrogens (tertiary/aromatic N) is 1. The Hall–Kier alpha value is -1.36. The van der Waals surface area contributed by atoms with Gasteiger partial charge in [0.05, 0.1) is 7.11 Å². The van der Waals surface area contributed by atoms with Crippen molar-refractivity contribution in [1.82, 2.24) is 0 Å². The predicted molar refractivity (Wildman–Crippen MR) is 87.6 cm³/mol. The lowest BCUT2D eigenvalue weighted by molar-refractivity contribution is -0.142. The Morgan fingerprint density at radius 1 is 1.38 bits per heavy atom. The molecule has 2 rings (SSSR count). The molecule has 2 atom stereocenters. The summed E-state index contributed by atoms with van der Waals surface area (Å²) in [6.45, 7) is 5.45. The van der Waals surface area contributed by atoms with Gasteiger partial charge in [-0.3, -0.25) is 0 Å². The number of ether oxygens (including phenoxy) is 2. The minimum atomic E-state index is -0.356. The van der Waals surface area contributed by atoms with E-state index in [9.17, 15) is 4.79 Å². The van der Waals surface area contributed by atoms with Gasteiger partial charge in [0.25, 0.3) is 0 Å². The summed E-state index contributed by atoms with van der Waals surface area (Å²) >= 11 is 1.85. The van der Waals surface area contributed by atoms with Crippen LogP contribution in [0.15, 0.2) is 18.2 Å². The van der Waals surface area contributed by atoms with Gasteiger partial charge in [-0.1, -0.05) is 13.0 Å². The molecule has 21 heavy (non-hydrogen) atoms. The molecule has 0 aliphatic carbocycles. The summed E-state index contributed by atoms with van der Waals surface area (Å²) in [5, 5.41) is 0. The van der Waals surface area contributed by atoms with Crippen molar-refractivity contribution in [3.05, 3.63) is 23.8 Å². The summed E-state index contributed by atoms with van der Waals surface area (Å²) in [4.78, 5) is 13.7. The minimum absolute atomic E-state index is 0.0428. The van der Waals surface area contributed by atoms with E-state index in [2.05, 4.69) is 35.8 Å². The zero-order chi connectivity index (χ0) is 15.4. The van der Waals surface area contributed by atoms with Gasteiger partial charge in [-0.25, -0.2) is 4.79 Å². The molecule has 0 bridgehead atoms. The zero-order valence-corrected chi connectivity index (χ0v) is 13.9. The molecule has 1 aliphatic rings. The fourth-order valence-corrected chi connectivity index (χ4v) is 3.19. The number of hydrogen-bond donors (Lipinski definition) is 0. The third-order valence-corrected chi connectivity index (χ3v) is 4.72. The molecular formula is C16H23NO3S. The predicted octanol–water partition coefficient (Wildman–Crippen LogP) is 2.91. The second-order valence-electron chi connectivity index (χ2n) is 5.27. The van der Waals surface area contributed by atoms with Crippen LogP contribution in [-0.4, -0.2) is 44.3 Å². The molecule has 116 valence electrons. The Kier molecular flexibility index (Phi) is 5.39. The summed E-state index contributed by atoms with van der Waals surface area (Å²) in [5.74, 6) is 1.93. The van der Waals surface area contributed by atoms with Gasteiger partial charge in [0.1, 0.15) is 5.75 Å². The normalized spacial score (nSPS) is 20.3. The van der Waals surface area contributed by atoms with Crippen molar-refractivity contribution in [1.29, 1.82) is 0 Å². The first-order chi connectivity index (χ1) is 10.1. The van der Waals surface area contributed by atoms with E-state index in [4.69, 9.17) is 4.74 Å². The molecule has 1 heterocycles. The highest BCUT2D eigenvalue weighted by Crippen LogP contribution is 2.45. The standard InChI is InChI=1S/C16H23NO3S/c1-11-12(2)17(8-9-21-4)13-6-5-7-14(16(11)13)20-10-15(18)19-3/h5-7,11-12H,8-10H2,1-4H3. The van der Waals surface area contributed by atoms with Crippen LogP contribution in [0.2, 0.25) is 0 Å². The zero-order valence-electron chi connectivity index (χ0n) is 13.1. The average molecular weight is 309 g/mol. The van der Waals surface area contributed by atoms with Gasteiger partial charge in [-0.05, 0) is 25.3 Å². The molecule has 0 aromatic heterocycles. The van der Waals surface area contributed by atoms with Gasteiger partial charge in [0.2, 0.25) is 0 Å². The molecule has 0 saturated heterocycles. The van der Waals surface area contributed by atoms with Gasteiger partial charge in [0.15, 0.2) is 6.61 Å². The molecule has 1 aliphatic heterocycles. The van der Waals surface area contributed by atoms with E-state index in [1.54, 1.807) is 0 Å². The average Bonchev–Trinajstić information content (AvgIpc) is 2.75.